The summed E-state index contributed by atoms with van der Waals surface area (Å²) in [4.78, 5) is 13.4. The highest BCUT2D eigenvalue weighted by Gasteiger charge is 2.19. The van der Waals surface area contributed by atoms with Crippen molar-refractivity contribution in [2.45, 2.75) is 34.1 Å². The van der Waals surface area contributed by atoms with Crippen LogP contribution in [0.2, 0.25) is 0 Å². The van der Waals surface area contributed by atoms with Crippen molar-refractivity contribution in [3.05, 3.63) is 35.8 Å². The zero-order valence-electron chi connectivity index (χ0n) is 14.7. The second kappa shape index (κ2) is 7.51. The van der Waals surface area contributed by atoms with Gasteiger partial charge in [0.1, 0.15) is 5.82 Å². The Kier molecular flexibility index (Phi) is 5.66. The zero-order valence-corrected chi connectivity index (χ0v) is 14.7. The fourth-order valence-electron chi connectivity index (χ4n) is 2.22. The quantitative estimate of drug-likeness (QED) is 0.845. The molecule has 2 rings (SSSR count). The average molecular weight is 314 g/mol. The second-order valence-electron chi connectivity index (χ2n) is 6.60. The maximum Gasteiger partial charge on any atom is 0.161 e. The van der Waals surface area contributed by atoms with Gasteiger partial charge in [-0.25, -0.2) is 9.97 Å². The van der Waals surface area contributed by atoms with E-state index in [-0.39, 0.29) is 5.41 Å². The average Bonchev–Trinajstić information content (AvgIpc) is 2.55. The third kappa shape index (κ3) is 4.73. The summed E-state index contributed by atoms with van der Waals surface area (Å²) in [6.45, 7) is 10.1. The molecular formula is C18H26N4O. The van der Waals surface area contributed by atoms with Crippen LogP contribution in [0.4, 0.5) is 5.82 Å². The van der Waals surface area contributed by atoms with E-state index in [4.69, 9.17) is 9.72 Å². The summed E-state index contributed by atoms with van der Waals surface area (Å²) in [7, 11) is 1.74. The van der Waals surface area contributed by atoms with Gasteiger partial charge in [-0.15, -0.1) is 0 Å². The number of nitrogens with zero attached hydrogens (tertiary/aromatic N) is 3. The van der Waals surface area contributed by atoms with Gasteiger partial charge in [0.15, 0.2) is 5.82 Å². The summed E-state index contributed by atoms with van der Waals surface area (Å²) in [6, 6.07) is 3.85. The van der Waals surface area contributed by atoms with E-state index >= 15 is 0 Å². The number of methoxy groups -OCH3 is 1. The predicted molar refractivity (Wildman–Crippen MR) is 93.5 cm³/mol. The smallest absolute Gasteiger partial charge is 0.161 e. The summed E-state index contributed by atoms with van der Waals surface area (Å²) in [5, 5.41) is 3.49. The van der Waals surface area contributed by atoms with Crippen molar-refractivity contribution >= 4 is 5.82 Å². The van der Waals surface area contributed by atoms with Crippen LogP contribution in [0, 0.1) is 19.3 Å². The van der Waals surface area contributed by atoms with Crippen LogP contribution < -0.4 is 5.32 Å². The molecule has 2 aromatic heterocycles. The molecule has 0 amide bonds. The number of hydrogen-bond acceptors (Lipinski definition) is 5. The molecule has 0 aliphatic carbocycles. The molecule has 0 atom stereocenters. The lowest BCUT2D eigenvalue weighted by molar-refractivity contribution is 0.157. The first-order chi connectivity index (χ1) is 10.9. The summed E-state index contributed by atoms with van der Waals surface area (Å²) < 4.78 is 5.19. The van der Waals surface area contributed by atoms with Crippen molar-refractivity contribution in [3.8, 4) is 11.4 Å². The van der Waals surface area contributed by atoms with Crippen molar-refractivity contribution in [3.63, 3.8) is 0 Å². The van der Waals surface area contributed by atoms with E-state index in [1.165, 1.54) is 0 Å². The summed E-state index contributed by atoms with van der Waals surface area (Å²) >= 11 is 0. The van der Waals surface area contributed by atoms with Crippen molar-refractivity contribution in [1.29, 1.82) is 0 Å². The molecule has 0 unspecified atom stereocenters. The van der Waals surface area contributed by atoms with E-state index in [9.17, 15) is 0 Å². The molecule has 0 aromatic carbocycles. The summed E-state index contributed by atoms with van der Waals surface area (Å²) in [5.41, 5.74) is 3.19. The lowest BCUT2D eigenvalue weighted by atomic mass is 9.89. The molecule has 124 valence electrons. The first kappa shape index (κ1) is 17.3. The van der Waals surface area contributed by atoms with Crippen LogP contribution in [0.15, 0.2) is 24.5 Å². The highest BCUT2D eigenvalue weighted by atomic mass is 16.5. The first-order valence-electron chi connectivity index (χ1n) is 7.91. The Labute approximate surface area is 138 Å². The fourth-order valence-corrected chi connectivity index (χ4v) is 2.22. The lowest BCUT2D eigenvalue weighted by Gasteiger charge is -2.25. The zero-order chi connectivity index (χ0) is 16.9. The van der Waals surface area contributed by atoms with Gasteiger partial charge in [-0.05, 0) is 37.8 Å². The molecule has 2 heterocycles. The molecule has 0 saturated carbocycles. The molecule has 0 aliphatic heterocycles. The van der Waals surface area contributed by atoms with Crippen molar-refractivity contribution in [2.24, 2.45) is 5.41 Å². The van der Waals surface area contributed by atoms with Gasteiger partial charge >= 0.3 is 0 Å². The van der Waals surface area contributed by atoms with Crippen LogP contribution in [0.5, 0.6) is 0 Å². The highest BCUT2D eigenvalue weighted by molar-refractivity contribution is 5.59. The molecule has 0 aliphatic rings. The maximum absolute atomic E-state index is 5.19. The Hall–Kier alpha value is -2.01. The van der Waals surface area contributed by atoms with Gasteiger partial charge in [-0.2, -0.15) is 0 Å². The standard InChI is InChI=1S/C18H26N4O/c1-13-14(2)21-17(15-6-9-19-10-7-15)22-16(13)20-12-18(3,4)8-11-23-5/h6-7,9-10H,8,11-12H2,1-5H3,(H,20,21,22). The largest absolute Gasteiger partial charge is 0.385 e. The maximum atomic E-state index is 5.19. The molecule has 23 heavy (non-hydrogen) atoms. The Bertz CT molecular complexity index is 641. The minimum absolute atomic E-state index is 0.137. The van der Waals surface area contributed by atoms with Gasteiger partial charge in [0.25, 0.3) is 0 Å². The minimum Gasteiger partial charge on any atom is -0.385 e. The van der Waals surface area contributed by atoms with E-state index in [2.05, 4.69) is 36.1 Å². The summed E-state index contributed by atoms with van der Waals surface area (Å²) in [6.07, 6.45) is 4.51. The van der Waals surface area contributed by atoms with Crippen LogP contribution >= 0.6 is 0 Å². The van der Waals surface area contributed by atoms with E-state index in [1.807, 2.05) is 19.1 Å². The molecular weight excluding hydrogens is 288 g/mol. The molecule has 0 bridgehead atoms. The van der Waals surface area contributed by atoms with Crippen molar-refractivity contribution in [1.82, 2.24) is 15.0 Å². The van der Waals surface area contributed by atoms with Crippen LogP contribution in [0.1, 0.15) is 31.5 Å². The van der Waals surface area contributed by atoms with E-state index in [1.54, 1.807) is 19.5 Å². The summed E-state index contributed by atoms with van der Waals surface area (Å²) in [5.74, 6) is 1.63. The topological polar surface area (TPSA) is 59.9 Å². The van der Waals surface area contributed by atoms with Crippen LogP contribution in [-0.2, 0) is 4.74 Å². The predicted octanol–water partition coefficient (Wildman–Crippen LogP) is 3.63. The third-order valence-electron chi connectivity index (χ3n) is 4.05. The van der Waals surface area contributed by atoms with Gasteiger partial charge in [-0.1, -0.05) is 13.8 Å². The van der Waals surface area contributed by atoms with Crippen LogP contribution in [-0.4, -0.2) is 35.2 Å². The van der Waals surface area contributed by atoms with Crippen molar-refractivity contribution < 1.29 is 4.74 Å². The molecule has 0 saturated heterocycles. The number of nitrogens with one attached hydrogen (secondary N) is 1. The number of rotatable bonds is 7. The Balaban J connectivity index is 2.20. The molecule has 5 nitrogen and oxygen atoms in total. The number of hydrogen-bond donors (Lipinski definition) is 1. The Morgan fingerprint density at radius 3 is 2.48 bits per heavy atom. The third-order valence-corrected chi connectivity index (χ3v) is 4.05. The normalized spacial score (nSPS) is 11.5. The fraction of sp³-hybridized carbons (Fsp3) is 0.500. The minimum atomic E-state index is 0.137. The number of anilines is 1. The van der Waals surface area contributed by atoms with Gasteiger partial charge < -0.3 is 10.1 Å². The van der Waals surface area contributed by atoms with E-state index < -0.39 is 0 Å². The Morgan fingerprint density at radius 2 is 1.83 bits per heavy atom. The SMILES string of the molecule is COCCC(C)(C)CNc1nc(-c2ccncc2)nc(C)c1C. The molecule has 1 N–H and O–H groups in total. The molecule has 0 spiro atoms. The van der Waals surface area contributed by atoms with Gasteiger partial charge in [0.05, 0.1) is 0 Å². The van der Waals surface area contributed by atoms with Gasteiger partial charge in [0.2, 0.25) is 0 Å². The molecule has 2 aromatic rings. The monoisotopic (exact) mass is 314 g/mol. The molecule has 0 fully saturated rings. The number of aromatic nitrogens is 3. The van der Waals surface area contributed by atoms with Gasteiger partial charge in [0, 0.05) is 49.5 Å². The lowest BCUT2D eigenvalue weighted by Crippen LogP contribution is -2.25. The van der Waals surface area contributed by atoms with Crippen LogP contribution in [0.3, 0.4) is 0 Å². The number of ether oxygens (including phenoxy) is 1. The van der Waals surface area contributed by atoms with Gasteiger partial charge in [-0.3, -0.25) is 4.98 Å². The van der Waals surface area contributed by atoms with E-state index in [0.717, 1.165) is 48.0 Å². The van der Waals surface area contributed by atoms with Crippen molar-refractivity contribution in [2.75, 3.05) is 25.6 Å². The van der Waals surface area contributed by atoms with E-state index in [0.29, 0.717) is 0 Å². The Morgan fingerprint density at radius 1 is 1.13 bits per heavy atom. The molecule has 0 radical (unpaired) electrons. The number of aryl methyl sites for hydroxylation is 1. The number of pyridine rings is 1. The highest BCUT2D eigenvalue weighted by Crippen LogP contribution is 2.24. The molecule has 5 heteroatoms. The van der Waals surface area contributed by atoms with Crippen LogP contribution in [0.25, 0.3) is 11.4 Å². The second-order valence-corrected chi connectivity index (χ2v) is 6.60. The first-order valence-corrected chi connectivity index (χ1v) is 7.91.